The van der Waals surface area contributed by atoms with Crippen LogP contribution in [0, 0.1) is 11.6 Å². The average molecular weight is 395 g/mol. The van der Waals surface area contributed by atoms with Gasteiger partial charge >= 0.3 is 0 Å². The molecule has 0 unspecified atom stereocenters. The molecule has 0 atom stereocenters. The van der Waals surface area contributed by atoms with E-state index in [-0.39, 0.29) is 12.3 Å². The number of halogens is 2. The summed E-state index contributed by atoms with van der Waals surface area (Å²) in [6.07, 6.45) is 2.69. The Bertz CT molecular complexity index is 981. The summed E-state index contributed by atoms with van der Waals surface area (Å²) in [7, 11) is 1.29. The fraction of sp³-hybridized carbons (Fsp3) is 0.412. The minimum atomic E-state index is -1.04. The van der Waals surface area contributed by atoms with Gasteiger partial charge in [0, 0.05) is 25.2 Å². The number of nitrogens with zero attached hydrogens (tertiary/aromatic N) is 4. The summed E-state index contributed by atoms with van der Waals surface area (Å²) in [6.45, 7) is 1.50. The maximum atomic E-state index is 14.1. The smallest absolute Gasteiger partial charge is 0.214 e. The van der Waals surface area contributed by atoms with Crippen LogP contribution in [-0.4, -0.2) is 52.0 Å². The molecule has 2 aromatic heterocycles. The number of rotatable bonds is 4. The first-order valence-electron chi connectivity index (χ1n) is 8.50. The monoisotopic (exact) mass is 395 g/mol. The molecule has 3 heterocycles. The van der Waals surface area contributed by atoms with Crippen molar-refractivity contribution in [2.75, 3.05) is 31.6 Å². The van der Waals surface area contributed by atoms with Crippen LogP contribution in [0.2, 0.25) is 0 Å². The Kier molecular flexibility index (Phi) is 4.49. The van der Waals surface area contributed by atoms with Crippen LogP contribution >= 0.6 is 11.3 Å². The SMILES string of the molecule is COc1c(-c2cnc3sc(N4CCC(O)(CN)CC4)nn23)ccc(F)c1F. The van der Waals surface area contributed by atoms with Gasteiger partial charge in [-0.2, -0.15) is 4.39 Å². The van der Waals surface area contributed by atoms with Crippen molar-refractivity contribution in [3.05, 3.63) is 30.0 Å². The first-order valence-corrected chi connectivity index (χ1v) is 9.32. The lowest BCUT2D eigenvalue weighted by Crippen LogP contribution is -2.48. The standard InChI is InChI=1S/C17H19F2N5O2S/c1-26-14-10(2-3-11(18)13(14)19)12-8-21-15-24(12)22-16(27-15)23-6-4-17(25,9-20)5-7-23/h2-3,8,25H,4-7,9,20H2,1H3. The number of benzene rings is 1. The lowest BCUT2D eigenvalue weighted by molar-refractivity contribution is 0.0249. The molecule has 1 aliphatic rings. The van der Waals surface area contributed by atoms with Gasteiger partial charge in [0.15, 0.2) is 11.6 Å². The minimum absolute atomic E-state index is 0.183. The summed E-state index contributed by atoms with van der Waals surface area (Å²) < 4.78 is 34.2. The third kappa shape index (κ3) is 3.03. The molecular weight excluding hydrogens is 376 g/mol. The Hall–Kier alpha value is -2.30. The quantitative estimate of drug-likeness (QED) is 0.703. The number of ether oxygens (including phenoxy) is 1. The Morgan fingerprint density at radius 2 is 2.07 bits per heavy atom. The molecule has 3 aromatic rings. The van der Waals surface area contributed by atoms with Gasteiger partial charge in [-0.25, -0.2) is 13.9 Å². The van der Waals surface area contributed by atoms with Crippen LogP contribution in [0.15, 0.2) is 18.3 Å². The third-order valence-corrected chi connectivity index (χ3v) is 5.93. The van der Waals surface area contributed by atoms with Crippen molar-refractivity contribution in [1.82, 2.24) is 14.6 Å². The highest BCUT2D eigenvalue weighted by atomic mass is 32.1. The molecule has 0 radical (unpaired) electrons. The van der Waals surface area contributed by atoms with E-state index in [0.717, 1.165) is 11.2 Å². The summed E-state index contributed by atoms with van der Waals surface area (Å²) >= 11 is 1.39. The number of anilines is 1. The second-order valence-electron chi connectivity index (χ2n) is 6.58. The van der Waals surface area contributed by atoms with E-state index in [2.05, 4.69) is 15.0 Å². The zero-order chi connectivity index (χ0) is 19.2. The topological polar surface area (TPSA) is 88.9 Å². The van der Waals surface area contributed by atoms with E-state index in [1.807, 2.05) is 0 Å². The minimum Gasteiger partial charge on any atom is -0.493 e. The molecule has 1 aliphatic heterocycles. The fourth-order valence-corrected chi connectivity index (χ4v) is 4.17. The number of methoxy groups -OCH3 is 1. The van der Waals surface area contributed by atoms with Gasteiger partial charge < -0.3 is 20.5 Å². The third-order valence-electron chi connectivity index (χ3n) is 4.95. The van der Waals surface area contributed by atoms with E-state index in [1.54, 1.807) is 10.7 Å². The molecule has 0 aliphatic carbocycles. The number of fused-ring (bicyclic) bond motifs is 1. The predicted octanol–water partition coefficient (Wildman–Crippen LogP) is 2.03. The van der Waals surface area contributed by atoms with Crippen LogP contribution in [0.3, 0.4) is 0 Å². The molecule has 0 bridgehead atoms. The molecule has 1 aromatic carbocycles. The van der Waals surface area contributed by atoms with Gasteiger partial charge in [-0.05, 0) is 25.0 Å². The first-order chi connectivity index (χ1) is 13.0. The van der Waals surface area contributed by atoms with E-state index >= 15 is 0 Å². The molecular formula is C17H19F2N5O2S. The summed E-state index contributed by atoms with van der Waals surface area (Å²) in [4.78, 5) is 7.03. The van der Waals surface area contributed by atoms with Crippen molar-refractivity contribution >= 4 is 21.4 Å². The van der Waals surface area contributed by atoms with Crippen molar-refractivity contribution in [3.63, 3.8) is 0 Å². The molecule has 1 fully saturated rings. The number of aromatic nitrogens is 3. The number of piperidine rings is 1. The predicted molar refractivity (Wildman–Crippen MR) is 98.2 cm³/mol. The maximum absolute atomic E-state index is 14.1. The summed E-state index contributed by atoms with van der Waals surface area (Å²) in [5.74, 6) is -2.20. The Morgan fingerprint density at radius 1 is 1.33 bits per heavy atom. The van der Waals surface area contributed by atoms with Crippen molar-refractivity contribution in [1.29, 1.82) is 0 Å². The van der Waals surface area contributed by atoms with Crippen LogP contribution in [0.1, 0.15) is 12.8 Å². The highest BCUT2D eigenvalue weighted by Gasteiger charge is 2.32. The second kappa shape index (κ2) is 6.70. The molecule has 7 nitrogen and oxygen atoms in total. The molecule has 0 spiro atoms. The zero-order valence-electron chi connectivity index (χ0n) is 14.7. The zero-order valence-corrected chi connectivity index (χ0v) is 15.5. The van der Waals surface area contributed by atoms with Crippen molar-refractivity contribution in [3.8, 4) is 17.0 Å². The van der Waals surface area contributed by atoms with Crippen LogP contribution in [-0.2, 0) is 0 Å². The highest BCUT2D eigenvalue weighted by molar-refractivity contribution is 7.20. The van der Waals surface area contributed by atoms with E-state index in [9.17, 15) is 13.9 Å². The first kappa shape index (κ1) is 18.1. The van der Waals surface area contributed by atoms with E-state index in [1.165, 1.54) is 24.5 Å². The van der Waals surface area contributed by atoms with Crippen molar-refractivity contribution < 1.29 is 18.6 Å². The summed E-state index contributed by atoms with van der Waals surface area (Å²) in [6, 6.07) is 2.50. The average Bonchev–Trinajstić information content (AvgIpc) is 3.25. The van der Waals surface area contributed by atoms with E-state index in [4.69, 9.17) is 10.5 Å². The fourth-order valence-electron chi connectivity index (χ4n) is 3.25. The van der Waals surface area contributed by atoms with Gasteiger partial charge in [0.2, 0.25) is 15.9 Å². The molecule has 1 saturated heterocycles. The summed E-state index contributed by atoms with van der Waals surface area (Å²) in [5, 5.41) is 15.6. The van der Waals surface area contributed by atoms with Crippen LogP contribution in [0.5, 0.6) is 5.75 Å². The van der Waals surface area contributed by atoms with E-state index in [0.29, 0.717) is 42.1 Å². The lowest BCUT2D eigenvalue weighted by Gasteiger charge is -2.37. The number of hydrogen-bond donors (Lipinski definition) is 2. The van der Waals surface area contributed by atoms with E-state index < -0.39 is 17.2 Å². The van der Waals surface area contributed by atoms with Crippen LogP contribution in [0.4, 0.5) is 13.9 Å². The molecule has 3 N–H and O–H groups in total. The number of nitrogens with two attached hydrogens (primary N) is 1. The lowest BCUT2D eigenvalue weighted by atomic mass is 9.92. The Balaban J connectivity index is 1.69. The molecule has 144 valence electrons. The molecule has 4 rings (SSSR count). The van der Waals surface area contributed by atoms with Gasteiger partial charge in [0.25, 0.3) is 0 Å². The largest absolute Gasteiger partial charge is 0.493 e. The maximum Gasteiger partial charge on any atom is 0.214 e. The molecule has 10 heteroatoms. The van der Waals surface area contributed by atoms with Gasteiger partial charge in [-0.3, -0.25) is 0 Å². The highest BCUT2D eigenvalue weighted by Crippen LogP contribution is 2.36. The Morgan fingerprint density at radius 3 is 2.74 bits per heavy atom. The van der Waals surface area contributed by atoms with Crippen molar-refractivity contribution in [2.24, 2.45) is 5.73 Å². The van der Waals surface area contributed by atoms with Crippen LogP contribution < -0.4 is 15.4 Å². The molecule has 27 heavy (non-hydrogen) atoms. The van der Waals surface area contributed by atoms with Gasteiger partial charge in [0.05, 0.1) is 24.6 Å². The molecule has 0 saturated carbocycles. The summed E-state index contributed by atoms with van der Waals surface area (Å²) in [5.41, 5.74) is 5.70. The van der Waals surface area contributed by atoms with Crippen LogP contribution in [0.25, 0.3) is 16.2 Å². The molecule has 0 amide bonds. The number of imidazole rings is 1. The normalized spacial score (nSPS) is 16.9. The van der Waals surface area contributed by atoms with Gasteiger partial charge in [0.1, 0.15) is 0 Å². The van der Waals surface area contributed by atoms with Crippen molar-refractivity contribution in [2.45, 2.75) is 18.4 Å². The van der Waals surface area contributed by atoms with Gasteiger partial charge in [-0.1, -0.05) is 11.3 Å². The Labute approximate surface area is 158 Å². The number of aliphatic hydroxyl groups is 1. The second-order valence-corrected chi connectivity index (χ2v) is 7.51. The van der Waals surface area contributed by atoms with Gasteiger partial charge in [-0.15, -0.1) is 5.10 Å². The number of hydrogen-bond acceptors (Lipinski definition) is 7.